The minimum absolute atomic E-state index is 0.0130. The van der Waals surface area contributed by atoms with Crippen molar-refractivity contribution in [2.24, 2.45) is 0 Å². The Kier molecular flexibility index (Phi) is 3.84. The summed E-state index contributed by atoms with van der Waals surface area (Å²) in [6.07, 6.45) is -2.13. The lowest BCUT2D eigenvalue weighted by Gasteiger charge is -2.33. The summed E-state index contributed by atoms with van der Waals surface area (Å²) >= 11 is 0. The second-order valence-electron chi connectivity index (χ2n) is 5.01. The fourth-order valence-electron chi connectivity index (χ4n) is 2.67. The average molecular weight is 309 g/mol. The molecule has 116 valence electrons. The summed E-state index contributed by atoms with van der Waals surface area (Å²) < 4.78 is 29.7. The van der Waals surface area contributed by atoms with Crippen molar-refractivity contribution in [1.29, 1.82) is 0 Å². The van der Waals surface area contributed by atoms with E-state index < -0.39 is 24.3 Å². The van der Waals surface area contributed by atoms with Gasteiger partial charge in [0.1, 0.15) is 6.04 Å². The molecular weight excluding hydrogens is 296 g/mol. The first-order valence-electron chi connectivity index (χ1n) is 6.71. The molecule has 0 saturated carbocycles. The van der Waals surface area contributed by atoms with Gasteiger partial charge in [0.05, 0.1) is 6.54 Å². The third-order valence-electron chi connectivity index (χ3n) is 3.63. The van der Waals surface area contributed by atoms with Crippen LogP contribution in [-0.4, -0.2) is 32.7 Å². The first-order valence-corrected chi connectivity index (χ1v) is 6.71. The number of benzene rings is 1. The largest absolute Gasteiger partial charge is 0.480 e. The van der Waals surface area contributed by atoms with Gasteiger partial charge in [-0.3, -0.25) is 9.69 Å². The van der Waals surface area contributed by atoms with Crippen LogP contribution < -0.4 is 0 Å². The number of aliphatic carboxylic acids is 1. The molecule has 1 aromatic heterocycles. The summed E-state index contributed by atoms with van der Waals surface area (Å²) in [4.78, 5) is 16.8. The van der Waals surface area contributed by atoms with E-state index in [1.807, 2.05) is 12.1 Å². The topological polar surface area (TPSA) is 79.5 Å². The molecule has 0 spiro atoms. The van der Waals surface area contributed by atoms with Crippen molar-refractivity contribution in [2.75, 3.05) is 6.54 Å². The Morgan fingerprint density at radius 3 is 2.91 bits per heavy atom. The highest BCUT2D eigenvalue weighted by Crippen LogP contribution is 2.31. The first-order chi connectivity index (χ1) is 10.6. The Balaban J connectivity index is 1.85. The molecule has 0 radical (unpaired) electrons. The molecule has 1 aliphatic rings. The number of halogens is 2. The molecule has 0 amide bonds. The number of carboxylic acids is 1. The molecule has 1 aromatic carbocycles. The van der Waals surface area contributed by atoms with Crippen molar-refractivity contribution < 1.29 is 23.2 Å². The predicted octanol–water partition coefficient (Wildman–Crippen LogP) is 2.19. The number of hydrogen-bond acceptors (Lipinski definition) is 5. The van der Waals surface area contributed by atoms with Crippen LogP contribution in [0.25, 0.3) is 0 Å². The Hall–Kier alpha value is -2.35. The highest BCUT2D eigenvalue weighted by atomic mass is 19.3. The SMILES string of the molecule is O=C(O)C1c2ccccc2CCN1Cc1nc(C(F)F)no1. The fourth-order valence-corrected chi connectivity index (χ4v) is 2.67. The number of carbonyl (C=O) groups is 1. The van der Waals surface area contributed by atoms with E-state index in [2.05, 4.69) is 10.1 Å². The van der Waals surface area contributed by atoms with Crippen LogP contribution in [0.15, 0.2) is 28.8 Å². The summed E-state index contributed by atoms with van der Waals surface area (Å²) in [5, 5.41) is 12.7. The third kappa shape index (κ3) is 2.69. The van der Waals surface area contributed by atoms with Gasteiger partial charge >= 0.3 is 12.4 Å². The van der Waals surface area contributed by atoms with Crippen molar-refractivity contribution in [3.63, 3.8) is 0 Å². The van der Waals surface area contributed by atoms with Gasteiger partial charge in [0.15, 0.2) is 0 Å². The van der Waals surface area contributed by atoms with Crippen LogP contribution in [0.5, 0.6) is 0 Å². The van der Waals surface area contributed by atoms with Gasteiger partial charge in [-0.25, -0.2) is 8.78 Å². The van der Waals surface area contributed by atoms with E-state index >= 15 is 0 Å². The van der Waals surface area contributed by atoms with Gasteiger partial charge in [0, 0.05) is 6.54 Å². The lowest BCUT2D eigenvalue weighted by molar-refractivity contribution is -0.144. The van der Waals surface area contributed by atoms with E-state index in [9.17, 15) is 18.7 Å². The summed E-state index contributed by atoms with van der Waals surface area (Å²) in [6, 6.07) is 6.44. The highest BCUT2D eigenvalue weighted by molar-refractivity contribution is 5.76. The summed E-state index contributed by atoms with van der Waals surface area (Å²) in [6.45, 7) is 0.491. The van der Waals surface area contributed by atoms with Gasteiger partial charge in [-0.15, -0.1) is 0 Å². The molecule has 1 atom stereocenters. The van der Waals surface area contributed by atoms with E-state index in [0.29, 0.717) is 18.5 Å². The number of hydrogen-bond donors (Lipinski definition) is 1. The zero-order valence-corrected chi connectivity index (χ0v) is 11.4. The van der Waals surface area contributed by atoms with Gasteiger partial charge < -0.3 is 9.63 Å². The van der Waals surface area contributed by atoms with E-state index in [0.717, 1.165) is 5.56 Å². The van der Waals surface area contributed by atoms with Crippen molar-refractivity contribution in [3.05, 3.63) is 47.1 Å². The average Bonchev–Trinajstić information content (AvgIpc) is 2.95. The number of nitrogens with zero attached hydrogens (tertiary/aromatic N) is 3. The number of fused-ring (bicyclic) bond motifs is 1. The highest BCUT2D eigenvalue weighted by Gasteiger charge is 2.33. The standard InChI is InChI=1S/C14H13F2N3O3/c15-12(16)13-17-10(22-18-13)7-19-6-5-8-3-1-2-4-9(8)11(19)14(20)21/h1-4,11-12H,5-7H2,(H,20,21). The molecule has 1 unspecified atom stereocenters. The van der Waals surface area contributed by atoms with Crippen molar-refractivity contribution >= 4 is 5.97 Å². The van der Waals surface area contributed by atoms with Crippen molar-refractivity contribution in [2.45, 2.75) is 25.4 Å². The Bertz CT molecular complexity index is 689. The van der Waals surface area contributed by atoms with Gasteiger partial charge in [-0.1, -0.05) is 29.4 Å². The Labute approximate surface area is 124 Å². The van der Waals surface area contributed by atoms with E-state index in [1.165, 1.54) is 0 Å². The maximum absolute atomic E-state index is 12.5. The zero-order chi connectivity index (χ0) is 15.7. The minimum atomic E-state index is -2.81. The molecule has 3 rings (SSSR count). The molecule has 0 bridgehead atoms. The molecule has 6 nitrogen and oxygen atoms in total. The molecule has 1 aliphatic heterocycles. The van der Waals surface area contributed by atoms with Gasteiger partial charge in [-0.05, 0) is 17.5 Å². The number of rotatable bonds is 4. The summed E-state index contributed by atoms with van der Waals surface area (Å²) in [5.74, 6) is -1.69. The number of alkyl halides is 2. The minimum Gasteiger partial charge on any atom is -0.480 e. The predicted molar refractivity (Wildman–Crippen MR) is 70.2 cm³/mol. The molecule has 0 saturated heterocycles. The quantitative estimate of drug-likeness (QED) is 0.932. The summed E-state index contributed by atoms with van der Waals surface area (Å²) in [5.41, 5.74) is 1.68. The Morgan fingerprint density at radius 1 is 1.45 bits per heavy atom. The second-order valence-corrected chi connectivity index (χ2v) is 5.01. The maximum Gasteiger partial charge on any atom is 0.325 e. The van der Waals surface area contributed by atoms with Crippen LogP contribution in [0, 0.1) is 0 Å². The number of aromatic nitrogens is 2. The molecule has 22 heavy (non-hydrogen) atoms. The van der Waals surface area contributed by atoms with Crippen LogP contribution in [-0.2, 0) is 17.8 Å². The molecule has 0 aliphatic carbocycles. The zero-order valence-electron chi connectivity index (χ0n) is 11.4. The van der Waals surface area contributed by atoms with Crippen LogP contribution >= 0.6 is 0 Å². The molecule has 2 aromatic rings. The molecule has 0 fully saturated rings. The van der Waals surface area contributed by atoms with Crippen LogP contribution in [0.2, 0.25) is 0 Å². The second kappa shape index (κ2) is 5.80. The Morgan fingerprint density at radius 2 is 2.23 bits per heavy atom. The molecule has 8 heteroatoms. The van der Waals surface area contributed by atoms with E-state index in [1.54, 1.807) is 17.0 Å². The third-order valence-corrected chi connectivity index (χ3v) is 3.63. The van der Waals surface area contributed by atoms with Gasteiger partial charge in [-0.2, -0.15) is 4.98 Å². The van der Waals surface area contributed by atoms with Crippen LogP contribution in [0.4, 0.5) is 8.78 Å². The lowest BCUT2D eigenvalue weighted by Crippen LogP contribution is -2.39. The van der Waals surface area contributed by atoms with Gasteiger partial charge in [0.25, 0.3) is 0 Å². The van der Waals surface area contributed by atoms with Gasteiger partial charge in [0.2, 0.25) is 11.7 Å². The molecule has 1 N–H and O–H groups in total. The monoisotopic (exact) mass is 309 g/mol. The smallest absolute Gasteiger partial charge is 0.325 e. The molecule has 2 heterocycles. The van der Waals surface area contributed by atoms with E-state index in [4.69, 9.17) is 4.52 Å². The number of carboxylic acid groups (broad SMARTS) is 1. The molecular formula is C14H13F2N3O3. The normalized spacial score (nSPS) is 18.4. The van der Waals surface area contributed by atoms with Crippen molar-refractivity contribution in [3.8, 4) is 0 Å². The first kappa shape index (κ1) is 14.6. The van der Waals surface area contributed by atoms with Crippen LogP contribution in [0.1, 0.15) is 35.3 Å². The van der Waals surface area contributed by atoms with Crippen LogP contribution in [0.3, 0.4) is 0 Å². The maximum atomic E-state index is 12.5. The van der Waals surface area contributed by atoms with Crippen molar-refractivity contribution in [1.82, 2.24) is 15.0 Å². The lowest BCUT2D eigenvalue weighted by atomic mass is 9.92. The van der Waals surface area contributed by atoms with E-state index in [-0.39, 0.29) is 12.4 Å². The summed E-state index contributed by atoms with van der Waals surface area (Å²) in [7, 11) is 0. The fraction of sp³-hybridized carbons (Fsp3) is 0.357.